The summed E-state index contributed by atoms with van der Waals surface area (Å²) in [6, 6.07) is 9.64. The molecule has 0 radical (unpaired) electrons. The molecule has 0 fully saturated rings. The highest BCUT2D eigenvalue weighted by molar-refractivity contribution is 7.98. The Morgan fingerprint density at radius 1 is 1.43 bits per heavy atom. The molecule has 3 heteroatoms. The third-order valence-corrected chi connectivity index (χ3v) is 1.88. The molecule has 0 aliphatic carbocycles. The quantitative estimate of drug-likeness (QED) is 0.432. The third kappa shape index (κ3) is 4.14. The van der Waals surface area contributed by atoms with Crippen molar-refractivity contribution in [2.24, 2.45) is 0 Å². The van der Waals surface area contributed by atoms with Crippen molar-refractivity contribution in [1.29, 1.82) is 0 Å². The van der Waals surface area contributed by atoms with E-state index in [0.29, 0.717) is 5.94 Å². The molecule has 0 aromatic heterocycles. The number of carbonyl (C=O) groups is 1. The molecule has 0 bridgehead atoms. The summed E-state index contributed by atoms with van der Waals surface area (Å²) in [7, 11) is 0. The lowest BCUT2D eigenvalue weighted by atomic mass is 10.2. The molecule has 0 aliphatic heterocycles. The number of rotatable bonds is 4. The highest BCUT2D eigenvalue weighted by atomic mass is 32.2. The molecule has 0 spiro atoms. The van der Waals surface area contributed by atoms with Gasteiger partial charge in [0, 0.05) is 6.08 Å². The van der Waals surface area contributed by atoms with Gasteiger partial charge in [-0.3, -0.25) is 0 Å². The molecule has 0 saturated carbocycles. The smallest absolute Gasteiger partial charge is 0.331 e. The molecule has 0 aliphatic rings. The molecule has 1 aromatic rings. The van der Waals surface area contributed by atoms with Crippen LogP contribution in [0.3, 0.4) is 0 Å². The van der Waals surface area contributed by atoms with Crippen molar-refractivity contribution >= 4 is 23.8 Å². The minimum absolute atomic E-state index is 0.303. The summed E-state index contributed by atoms with van der Waals surface area (Å²) >= 11 is 1.47. The molecule has 0 unspecified atom stereocenters. The van der Waals surface area contributed by atoms with Gasteiger partial charge in [-0.2, -0.15) is 0 Å². The van der Waals surface area contributed by atoms with Gasteiger partial charge in [0.15, 0.2) is 0 Å². The number of hydrogen-bond acceptors (Lipinski definition) is 3. The van der Waals surface area contributed by atoms with Crippen LogP contribution in [0.4, 0.5) is 0 Å². The van der Waals surface area contributed by atoms with Crippen LogP contribution in [0.2, 0.25) is 0 Å². The fraction of sp³-hybridized carbons (Fsp3) is 0.182. The number of thioether (sulfide) groups is 1. The predicted octanol–water partition coefficient (Wildman–Crippen LogP) is 2.56. The van der Waals surface area contributed by atoms with Crippen molar-refractivity contribution in [3.63, 3.8) is 0 Å². The number of esters is 1. The first-order chi connectivity index (χ1) is 6.83. The summed E-state index contributed by atoms with van der Waals surface area (Å²) in [6.45, 7) is 0. The average Bonchev–Trinajstić information content (AvgIpc) is 2.25. The molecule has 74 valence electrons. The van der Waals surface area contributed by atoms with E-state index in [0.717, 1.165) is 5.56 Å². The van der Waals surface area contributed by atoms with E-state index in [-0.39, 0.29) is 5.97 Å². The maximum Gasteiger partial charge on any atom is 0.331 e. The summed E-state index contributed by atoms with van der Waals surface area (Å²) < 4.78 is 4.85. The number of hydrogen-bond donors (Lipinski definition) is 0. The van der Waals surface area contributed by atoms with Crippen LogP contribution < -0.4 is 0 Å². The lowest BCUT2D eigenvalue weighted by Gasteiger charge is -1.96. The summed E-state index contributed by atoms with van der Waals surface area (Å²) in [6.07, 6.45) is 5.06. The van der Waals surface area contributed by atoms with Gasteiger partial charge < -0.3 is 4.74 Å². The zero-order valence-electron chi connectivity index (χ0n) is 7.97. The first kappa shape index (κ1) is 10.9. The SMILES string of the molecule is CSCOC(=O)C=Cc1ccccc1. The predicted molar refractivity (Wildman–Crippen MR) is 60.0 cm³/mol. The van der Waals surface area contributed by atoms with E-state index < -0.39 is 0 Å². The Hall–Kier alpha value is -1.22. The van der Waals surface area contributed by atoms with Crippen molar-refractivity contribution in [2.75, 3.05) is 12.2 Å². The van der Waals surface area contributed by atoms with Gasteiger partial charge in [-0.05, 0) is 17.9 Å². The molecule has 1 aromatic carbocycles. The van der Waals surface area contributed by atoms with E-state index in [9.17, 15) is 4.79 Å². The molecule has 0 amide bonds. The monoisotopic (exact) mass is 208 g/mol. The second-order valence-corrected chi connectivity index (χ2v) is 3.43. The van der Waals surface area contributed by atoms with E-state index in [1.165, 1.54) is 17.8 Å². The fourth-order valence-corrected chi connectivity index (χ4v) is 1.13. The Labute approximate surface area is 88.0 Å². The molecule has 0 atom stereocenters. The second-order valence-electron chi connectivity index (χ2n) is 2.61. The second kappa shape index (κ2) is 6.27. The van der Waals surface area contributed by atoms with Gasteiger partial charge in [0.25, 0.3) is 0 Å². The highest BCUT2D eigenvalue weighted by Gasteiger charge is 1.94. The Balaban J connectivity index is 2.44. The van der Waals surface area contributed by atoms with E-state index >= 15 is 0 Å². The van der Waals surface area contributed by atoms with Crippen LogP contribution in [0.5, 0.6) is 0 Å². The minimum atomic E-state index is -0.303. The maximum absolute atomic E-state index is 11.1. The lowest BCUT2D eigenvalue weighted by Crippen LogP contribution is -1.98. The Kier molecular flexibility index (Phi) is 4.86. The first-order valence-electron chi connectivity index (χ1n) is 4.22. The van der Waals surface area contributed by atoms with Crippen LogP contribution in [-0.2, 0) is 9.53 Å². The molecule has 14 heavy (non-hydrogen) atoms. The molecular weight excluding hydrogens is 196 g/mol. The lowest BCUT2D eigenvalue weighted by molar-refractivity contribution is -0.135. The van der Waals surface area contributed by atoms with E-state index in [1.54, 1.807) is 6.08 Å². The van der Waals surface area contributed by atoms with E-state index in [1.807, 2.05) is 36.6 Å². The highest BCUT2D eigenvalue weighted by Crippen LogP contribution is 2.01. The summed E-state index contributed by atoms with van der Waals surface area (Å²) in [5.41, 5.74) is 0.994. The van der Waals surface area contributed by atoms with Gasteiger partial charge in [-0.15, -0.1) is 11.8 Å². The van der Waals surface area contributed by atoms with E-state index in [4.69, 9.17) is 4.74 Å². The van der Waals surface area contributed by atoms with Crippen molar-refractivity contribution in [3.8, 4) is 0 Å². The van der Waals surface area contributed by atoms with Crippen molar-refractivity contribution in [2.45, 2.75) is 0 Å². The third-order valence-electron chi connectivity index (χ3n) is 1.53. The molecule has 2 nitrogen and oxygen atoms in total. The molecule has 0 heterocycles. The van der Waals surface area contributed by atoms with Gasteiger partial charge in [0.2, 0.25) is 0 Å². The zero-order chi connectivity index (χ0) is 10.2. The van der Waals surface area contributed by atoms with Crippen LogP contribution in [0.25, 0.3) is 6.08 Å². The molecular formula is C11H12O2S. The number of carbonyl (C=O) groups excluding carboxylic acids is 1. The van der Waals surface area contributed by atoms with Crippen LogP contribution in [0.15, 0.2) is 36.4 Å². The van der Waals surface area contributed by atoms with Gasteiger partial charge >= 0.3 is 5.97 Å². The van der Waals surface area contributed by atoms with Crippen LogP contribution in [0.1, 0.15) is 5.56 Å². The number of ether oxygens (including phenoxy) is 1. The Morgan fingerprint density at radius 2 is 2.14 bits per heavy atom. The van der Waals surface area contributed by atoms with Gasteiger partial charge in [0.05, 0.1) is 0 Å². The van der Waals surface area contributed by atoms with Crippen LogP contribution >= 0.6 is 11.8 Å². The largest absolute Gasteiger partial charge is 0.451 e. The standard InChI is InChI=1S/C11H12O2S/c1-14-9-13-11(12)8-7-10-5-3-2-4-6-10/h2-8H,9H2,1H3. The molecule has 1 rings (SSSR count). The number of benzene rings is 1. The fourth-order valence-electron chi connectivity index (χ4n) is 0.894. The van der Waals surface area contributed by atoms with Crippen LogP contribution in [-0.4, -0.2) is 18.2 Å². The average molecular weight is 208 g/mol. The van der Waals surface area contributed by atoms with E-state index in [2.05, 4.69) is 0 Å². The minimum Gasteiger partial charge on any atom is -0.451 e. The Morgan fingerprint density at radius 3 is 2.79 bits per heavy atom. The summed E-state index contributed by atoms with van der Waals surface area (Å²) in [5, 5.41) is 0. The zero-order valence-corrected chi connectivity index (χ0v) is 8.79. The molecule has 0 N–H and O–H groups in total. The maximum atomic E-state index is 11.1. The van der Waals surface area contributed by atoms with Crippen molar-refractivity contribution < 1.29 is 9.53 Å². The normalized spacial score (nSPS) is 10.4. The molecule has 0 saturated heterocycles. The summed E-state index contributed by atoms with van der Waals surface area (Å²) in [5.74, 6) is 0.0982. The van der Waals surface area contributed by atoms with Gasteiger partial charge in [-0.1, -0.05) is 30.3 Å². The van der Waals surface area contributed by atoms with Gasteiger partial charge in [0.1, 0.15) is 5.94 Å². The topological polar surface area (TPSA) is 26.3 Å². The van der Waals surface area contributed by atoms with Crippen molar-refractivity contribution in [1.82, 2.24) is 0 Å². The Bertz CT molecular complexity index is 306. The first-order valence-corrected chi connectivity index (χ1v) is 5.61. The van der Waals surface area contributed by atoms with Crippen molar-refractivity contribution in [3.05, 3.63) is 42.0 Å². The summed E-state index contributed by atoms with van der Waals surface area (Å²) in [4.78, 5) is 11.1. The van der Waals surface area contributed by atoms with Crippen LogP contribution in [0, 0.1) is 0 Å². The van der Waals surface area contributed by atoms with Gasteiger partial charge in [-0.25, -0.2) is 4.79 Å².